The van der Waals surface area contributed by atoms with Crippen molar-refractivity contribution in [3.05, 3.63) is 47.9 Å². The van der Waals surface area contributed by atoms with E-state index >= 15 is 0 Å². The van der Waals surface area contributed by atoms with Crippen molar-refractivity contribution >= 4 is 34.4 Å². The summed E-state index contributed by atoms with van der Waals surface area (Å²) in [5.41, 5.74) is 0.822. The van der Waals surface area contributed by atoms with Gasteiger partial charge in [0.05, 0.1) is 24.5 Å². The number of amides is 1. The third-order valence-electron chi connectivity index (χ3n) is 5.83. The Hall–Kier alpha value is -2.80. The van der Waals surface area contributed by atoms with Crippen LogP contribution in [0, 0.1) is 5.92 Å². The molecule has 4 rings (SSSR count). The highest BCUT2D eigenvalue weighted by Crippen LogP contribution is 2.28. The van der Waals surface area contributed by atoms with Crippen LogP contribution in [0.4, 0.5) is 5.82 Å². The number of benzene rings is 1. The Balaban J connectivity index is 1.38. The Morgan fingerprint density at radius 2 is 2.10 bits per heavy atom. The van der Waals surface area contributed by atoms with Gasteiger partial charge in [-0.2, -0.15) is 0 Å². The molecule has 0 spiro atoms. The van der Waals surface area contributed by atoms with E-state index < -0.39 is 0 Å². The number of hydrogen-bond donors (Lipinski definition) is 1. The number of likely N-dealkylation sites (tertiary alicyclic amines) is 1. The predicted octanol–water partition coefficient (Wildman–Crippen LogP) is 3.75. The smallest absolute Gasteiger partial charge is 0.226 e. The zero-order chi connectivity index (χ0) is 21.1. The van der Waals surface area contributed by atoms with Gasteiger partial charge >= 0.3 is 0 Å². The minimum atomic E-state index is 0.115. The van der Waals surface area contributed by atoms with Crippen LogP contribution in [-0.4, -0.2) is 58.5 Å². The summed E-state index contributed by atoms with van der Waals surface area (Å²) in [7, 11) is 2.05. The van der Waals surface area contributed by atoms with E-state index in [9.17, 15) is 4.79 Å². The molecule has 3 aromatic rings. The van der Waals surface area contributed by atoms with E-state index in [-0.39, 0.29) is 11.9 Å². The van der Waals surface area contributed by atoms with Crippen LogP contribution >= 0.6 is 11.6 Å². The number of carbonyl (C=O) groups excluding carboxylic acids is 1. The second-order valence-corrected chi connectivity index (χ2v) is 8.21. The van der Waals surface area contributed by atoms with Gasteiger partial charge in [0.15, 0.2) is 0 Å². The van der Waals surface area contributed by atoms with Crippen LogP contribution in [0.25, 0.3) is 11.0 Å². The molecule has 1 aliphatic heterocycles. The summed E-state index contributed by atoms with van der Waals surface area (Å²) in [6.07, 6.45) is 4.76. The molecular formula is C22H26ClN5O2. The lowest BCUT2D eigenvalue weighted by molar-refractivity contribution is -0.133. The molecule has 3 heterocycles. The lowest BCUT2D eigenvalue weighted by atomic mass is 9.92. The van der Waals surface area contributed by atoms with Gasteiger partial charge in [0.2, 0.25) is 5.91 Å². The molecular weight excluding hydrogens is 402 g/mol. The van der Waals surface area contributed by atoms with Gasteiger partial charge in [-0.15, -0.1) is 0 Å². The highest BCUT2D eigenvalue weighted by Gasteiger charge is 2.32. The molecule has 0 radical (unpaired) electrons. The number of halogens is 1. The van der Waals surface area contributed by atoms with Gasteiger partial charge in [0.25, 0.3) is 0 Å². The number of nitrogens with one attached hydrogen (secondary N) is 1. The van der Waals surface area contributed by atoms with Crippen molar-refractivity contribution in [3.8, 4) is 5.75 Å². The van der Waals surface area contributed by atoms with Crippen molar-refractivity contribution in [2.24, 2.45) is 5.92 Å². The van der Waals surface area contributed by atoms with Gasteiger partial charge in [-0.05, 0) is 42.7 Å². The highest BCUT2D eigenvalue weighted by atomic mass is 35.5. The molecule has 2 aromatic heterocycles. The molecule has 7 nitrogen and oxygen atoms in total. The molecule has 1 aromatic carbocycles. The number of H-pyrrole nitrogens is 1. The maximum absolute atomic E-state index is 12.8. The second kappa shape index (κ2) is 8.92. The van der Waals surface area contributed by atoms with Crippen LogP contribution < -0.4 is 9.64 Å². The number of hydrogen-bond acceptors (Lipinski definition) is 5. The van der Waals surface area contributed by atoms with Gasteiger partial charge in [0.1, 0.15) is 23.5 Å². The quantitative estimate of drug-likeness (QED) is 0.648. The summed E-state index contributed by atoms with van der Waals surface area (Å²) in [5, 5.41) is 1.66. The summed E-state index contributed by atoms with van der Waals surface area (Å²) < 4.78 is 5.69. The normalized spacial score (nSPS) is 19.1. The molecule has 1 saturated heterocycles. The van der Waals surface area contributed by atoms with E-state index in [2.05, 4.69) is 26.8 Å². The van der Waals surface area contributed by atoms with Crippen LogP contribution in [0.2, 0.25) is 5.02 Å². The number of piperidine rings is 1. The summed E-state index contributed by atoms with van der Waals surface area (Å²) in [6, 6.07) is 9.35. The van der Waals surface area contributed by atoms with Crippen molar-refractivity contribution in [3.63, 3.8) is 0 Å². The highest BCUT2D eigenvalue weighted by molar-refractivity contribution is 6.30. The number of aromatic amines is 1. The van der Waals surface area contributed by atoms with E-state index in [1.165, 1.54) is 0 Å². The summed E-state index contributed by atoms with van der Waals surface area (Å²) in [4.78, 5) is 28.9. The zero-order valence-electron chi connectivity index (χ0n) is 17.2. The number of fused-ring (bicyclic) bond motifs is 1. The Morgan fingerprint density at radius 1 is 1.30 bits per heavy atom. The lowest BCUT2D eigenvalue weighted by Gasteiger charge is -2.42. The monoisotopic (exact) mass is 427 g/mol. The fourth-order valence-corrected chi connectivity index (χ4v) is 4.15. The number of carbonyl (C=O) groups is 1. The van der Waals surface area contributed by atoms with E-state index in [4.69, 9.17) is 16.3 Å². The predicted molar refractivity (Wildman–Crippen MR) is 118 cm³/mol. The first-order chi connectivity index (χ1) is 14.5. The molecule has 8 heteroatoms. The molecule has 158 valence electrons. The number of anilines is 1. The van der Waals surface area contributed by atoms with Crippen molar-refractivity contribution in [1.29, 1.82) is 0 Å². The van der Waals surface area contributed by atoms with Crippen molar-refractivity contribution in [1.82, 2.24) is 19.9 Å². The standard InChI is InChI=1S/C22H26ClN5O2/c1-15-8-11-28(20(29)9-12-30-17-5-3-16(23)4-6-17)13-19(15)27(2)22-18-7-10-24-21(18)25-14-26-22/h3-7,10,14-15,19H,8-9,11-13H2,1-2H3,(H,24,25,26). The fraction of sp³-hybridized carbons (Fsp3) is 0.409. The molecule has 30 heavy (non-hydrogen) atoms. The van der Waals surface area contributed by atoms with Gasteiger partial charge in [-0.25, -0.2) is 9.97 Å². The molecule has 1 fully saturated rings. The molecule has 1 N–H and O–H groups in total. The molecule has 0 bridgehead atoms. The van der Waals surface area contributed by atoms with Crippen LogP contribution in [0.5, 0.6) is 5.75 Å². The first kappa shape index (κ1) is 20.5. The molecule has 1 amide bonds. The van der Waals surface area contributed by atoms with E-state index in [1.54, 1.807) is 18.5 Å². The zero-order valence-corrected chi connectivity index (χ0v) is 18.0. The Kier molecular flexibility index (Phi) is 6.08. The number of rotatable bonds is 6. The second-order valence-electron chi connectivity index (χ2n) is 7.77. The summed E-state index contributed by atoms with van der Waals surface area (Å²) in [6.45, 7) is 4.03. The molecule has 2 atom stereocenters. The number of nitrogens with zero attached hydrogens (tertiary/aromatic N) is 4. The van der Waals surface area contributed by atoms with Crippen molar-refractivity contribution < 1.29 is 9.53 Å². The first-order valence-electron chi connectivity index (χ1n) is 10.2. The lowest BCUT2D eigenvalue weighted by Crippen LogP contribution is -2.53. The van der Waals surface area contributed by atoms with Gasteiger partial charge < -0.3 is 19.5 Å². The average Bonchev–Trinajstić information content (AvgIpc) is 3.24. The van der Waals surface area contributed by atoms with E-state index in [1.807, 2.05) is 36.3 Å². The number of likely N-dealkylation sites (N-methyl/N-ethyl adjacent to an activating group) is 1. The van der Waals surface area contributed by atoms with Gasteiger partial charge in [-0.1, -0.05) is 18.5 Å². The SMILES string of the molecule is CC1CCN(C(=O)CCOc2ccc(Cl)cc2)CC1N(C)c1ncnc2[nH]ccc12. The third-order valence-corrected chi connectivity index (χ3v) is 6.09. The Labute approximate surface area is 181 Å². The van der Waals surface area contributed by atoms with Crippen molar-refractivity contribution in [2.75, 3.05) is 31.6 Å². The first-order valence-corrected chi connectivity index (χ1v) is 10.6. The van der Waals surface area contributed by atoms with Crippen LogP contribution in [0.3, 0.4) is 0 Å². The molecule has 0 aliphatic carbocycles. The number of aromatic nitrogens is 3. The van der Waals surface area contributed by atoms with Gasteiger partial charge in [-0.3, -0.25) is 4.79 Å². The van der Waals surface area contributed by atoms with E-state index in [0.29, 0.717) is 30.5 Å². The largest absolute Gasteiger partial charge is 0.493 e. The minimum absolute atomic E-state index is 0.115. The number of ether oxygens (including phenoxy) is 1. The topological polar surface area (TPSA) is 74.3 Å². The average molecular weight is 428 g/mol. The maximum Gasteiger partial charge on any atom is 0.226 e. The van der Waals surface area contributed by atoms with Crippen molar-refractivity contribution in [2.45, 2.75) is 25.8 Å². The Bertz CT molecular complexity index is 1010. The van der Waals surface area contributed by atoms with Crippen LogP contribution in [0.1, 0.15) is 19.8 Å². The molecule has 2 unspecified atom stereocenters. The molecule has 0 saturated carbocycles. The minimum Gasteiger partial charge on any atom is -0.493 e. The van der Waals surface area contributed by atoms with Crippen LogP contribution in [-0.2, 0) is 4.79 Å². The summed E-state index contributed by atoms with van der Waals surface area (Å²) in [5.74, 6) is 2.17. The Morgan fingerprint density at radius 3 is 2.90 bits per heavy atom. The van der Waals surface area contributed by atoms with Crippen LogP contribution in [0.15, 0.2) is 42.9 Å². The van der Waals surface area contributed by atoms with Gasteiger partial charge in [0, 0.05) is 31.4 Å². The third kappa shape index (κ3) is 4.36. The maximum atomic E-state index is 12.8. The van der Waals surface area contributed by atoms with E-state index in [0.717, 1.165) is 35.6 Å². The fourth-order valence-electron chi connectivity index (χ4n) is 4.02. The molecule has 1 aliphatic rings. The summed E-state index contributed by atoms with van der Waals surface area (Å²) >= 11 is 5.89.